The molecule has 3 saturated heterocycles. The Morgan fingerprint density at radius 3 is 2.63 bits per heavy atom. The number of halogens is 3. The lowest BCUT2D eigenvalue weighted by Crippen LogP contribution is -2.54. The van der Waals surface area contributed by atoms with Crippen molar-refractivity contribution < 1.29 is 22.7 Å². The molecule has 1 aromatic carbocycles. The number of hydrogen-bond acceptors (Lipinski definition) is 5. The standard InChI is InChI=1S/C26H31F3N4O2/c1-16-30-23(17-5-2-3-6-17)13-24(31-16)22-14-33-10-9-18(22)11-21(33)15-35-25(34)32-20-8-4-7-19(12-20)26(27,28)29/h4,7-8,12-13,17-18,21-22H,2-3,5-6,9-11,14-15H2,1H3,(H,32,34). The molecule has 3 aliphatic heterocycles. The highest BCUT2D eigenvalue weighted by molar-refractivity contribution is 5.84. The van der Waals surface area contributed by atoms with Gasteiger partial charge in [-0.2, -0.15) is 13.2 Å². The molecule has 0 spiro atoms. The van der Waals surface area contributed by atoms with E-state index in [0.29, 0.717) is 17.8 Å². The normalized spacial score (nSPS) is 26.6. The van der Waals surface area contributed by atoms with E-state index in [1.54, 1.807) is 0 Å². The highest BCUT2D eigenvalue weighted by Gasteiger charge is 2.42. The molecule has 4 unspecified atom stereocenters. The number of amides is 1. The van der Waals surface area contributed by atoms with Crippen LogP contribution in [0.1, 0.15) is 73.1 Å². The highest BCUT2D eigenvalue weighted by atomic mass is 19.4. The Kier molecular flexibility index (Phi) is 6.70. The van der Waals surface area contributed by atoms with E-state index in [1.165, 1.54) is 43.5 Å². The fraction of sp³-hybridized carbons (Fsp3) is 0.577. The third-order valence-corrected chi connectivity index (χ3v) is 7.75. The van der Waals surface area contributed by atoms with Crippen LogP contribution in [-0.4, -0.2) is 46.7 Å². The van der Waals surface area contributed by atoms with Gasteiger partial charge in [-0.3, -0.25) is 10.2 Å². The number of carbonyl (C=O) groups excluding carboxylic acids is 1. The van der Waals surface area contributed by atoms with Crippen LogP contribution in [0.15, 0.2) is 30.3 Å². The second-order valence-corrected chi connectivity index (χ2v) is 10.1. The fourth-order valence-electron chi connectivity index (χ4n) is 5.98. The van der Waals surface area contributed by atoms with E-state index in [0.717, 1.165) is 49.6 Å². The lowest BCUT2D eigenvalue weighted by Gasteiger charge is -2.49. The van der Waals surface area contributed by atoms with E-state index >= 15 is 0 Å². The largest absolute Gasteiger partial charge is 0.448 e. The van der Waals surface area contributed by atoms with Crippen LogP contribution in [0.2, 0.25) is 0 Å². The van der Waals surface area contributed by atoms with Crippen molar-refractivity contribution in [2.45, 2.75) is 69.5 Å². The first-order valence-electron chi connectivity index (χ1n) is 12.5. The van der Waals surface area contributed by atoms with Gasteiger partial charge in [-0.25, -0.2) is 14.8 Å². The number of hydrogen-bond donors (Lipinski definition) is 1. The number of piperidine rings is 3. The first kappa shape index (κ1) is 24.0. The minimum absolute atomic E-state index is 0.0626. The van der Waals surface area contributed by atoms with Crippen molar-refractivity contribution in [3.63, 3.8) is 0 Å². The van der Waals surface area contributed by atoms with Crippen LogP contribution in [0.25, 0.3) is 0 Å². The minimum atomic E-state index is -4.47. The molecular weight excluding hydrogens is 457 g/mol. The van der Waals surface area contributed by atoms with Crippen molar-refractivity contribution in [2.24, 2.45) is 5.92 Å². The molecule has 2 aromatic rings. The average molecular weight is 489 g/mol. The van der Waals surface area contributed by atoms with E-state index < -0.39 is 17.8 Å². The Balaban J connectivity index is 1.18. The third kappa shape index (κ3) is 5.44. The van der Waals surface area contributed by atoms with Gasteiger partial charge in [-0.15, -0.1) is 0 Å². The number of aromatic nitrogens is 2. The lowest BCUT2D eigenvalue weighted by atomic mass is 9.74. The smallest absolute Gasteiger partial charge is 0.416 e. The van der Waals surface area contributed by atoms with Crippen LogP contribution in [0.3, 0.4) is 0 Å². The first-order chi connectivity index (χ1) is 16.8. The summed E-state index contributed by atoms with van der Waals surface area (Å²) in [4.78, 5) is 24.2. The summed E-state index contributed by atoms with van der Waals surface area (Å²) >= 11 is 0. The Labute approximate surface area is 203 Å². The Morgan fingerprint density at radius 2 is 1.91 bits per heavy atom. The molecule has 6 rings (SSSR count). The molecule has 35 heavy (non-hydrogen) atoms. The van der Waals surface area contributed by atoms with Gasteiger partial charge in [0.1, 0.15) is 12.4 Å². The second kappa shape index (κ2) is 9.76. The summed E-state index contributed by atoms with van der Waals surface area (Å²) in [6, 6.07) is 6.88. The summed E-state index contributed by atoms with van der Waals surface area (Å²) in [5.41, 5.74) is 1.57. The number of ether oxygens (including phenoxy) is 1. The molecule has 1 aromatic heterocycles. The van der Waals surface area contributed by atoms with E-state index in [4.69, 9.17) is 14.7 Å². The van der Waals surface area contributed by atoms with Crippen molar-refractivity contribution in [1.82, 2.24) is 14.9 Å². The number of benzene rings is 1. The van der Waals surface area contributed by atoms with Gasteiger partial charge in [0, 0.05) is 41.5 Å². The van der Waals surface area contributed by atoms with Crippen LogP contribution >= 0.6 is 0 Å². The van der Waals surface area contributed by atoms with E-state index in [2.05, 4.69) is 16.3 Å². The molecule has 4 heterocycles. The van der Waals surface area contributed by atoms with Crippen LogP contribution in [0.4, 0.5) is 23.7 Å². The highest BCUT2D eigenvalue weighted by Crippen LogP contribution is 2.42. The predicted molar refractivity (Wildman–Crippen MR) is 125 cm³/mol. The topological polar surface area (TPSA) is 67.4 Å². The number of rotatable bonds is 5. The lowest BCUT2D eigenvalue weighted by molar-refractivity contribution is -0.137. The average Bonchev–Trinajstić information content (AvgIpc) is 3.38. The van der Waals surface area contributed by atoms with Gasteiger partial charge < -0.3 is 4.74 Å². The number of fused-ring (bicyclic) bond motifs is 3. The van der Waals surface area contributed by atoms with Crippen molar-refractivity contribution >= 4 is 11.8 Å². The Bertz CT molecular complexity index is 1070. The summed E-state index contributed by atoms with van der Waals surface area (Å²) in [5, 5.41) is 2.42. The summed E-state index contributed by atoms with van der Waals surface area (Å²) in [7, 11) is 0. The van der Waals surface area contributed by atoms with Gasteiger partial charge in [-0.05, 0) is 69.3 Å². The molecule has 1 N–H and O–H groups in total. The van der Waals surface area contributed by atoms with Gasteiger partial charge in [0.15, 0.2) is 0 Å². The van der Waals surface area contributed by atoms with Gasteiger partial charge in [0.05, 0.1) is 5.56 Å². The maximum absolute atomic E-state index is 12.9. The predicted octanol–water partition coefficient (Wildman–Crippen LogP) is 5.89. The summed E-state index contributed by atoms with van der Waals surface area (Å²) in [6.45, 7) is 4.01. The van der Waals surface area contributed by atoms with Crippen molar-refractivity contribution in [2.75, 3.05) is 25.0 Å². The minimum Gasteiger partial charge on any atom is -0.448 e. The molecule has 1 aliphatic carbocycles. The summed E-state index contributed by atoms with van der Waals surface area (Å²) in [5.74, 6) is 2.20. The van der Waals surface area contributed by atoms with Gasteiger partial charge in [-0.1, -0.05) is 18.9 Å². The number of nitrogens with one attached hydrogen (secondary N) is 1. The number of carbonyl (C=O) groups is 1. The zero-order valence-electron chi connectivity index (χ0n) is 19.9. The maximum atomic E-state index is 12.9. The molecule has 4 atom stereocenters. The van der Waals surface area contributed by atoms with Gasteiger partial charge >= 0.3 is 12.3 Å². The van der Waals surface area contributed by atoms with Gasteiger partial charge in [0.25, 0.3) is 0 Å². The van der Waals surface area contributed by atoms with Crippen LogP contribution < -0.4 is 5.32 Å². The Hall–Kier alpha value is -2.68. The molecule has 2 bridgehead atoms. The molecule has 1 amide bonds. The number of anilines is 1. The van der Waals surface area contributed by atoms with E-state index in [1.807, 2.05) is 6.92 Å². The SMILES string of the molecule is Cc1nc(C2CCCC2)cc(C2CN3CCC2CC3COC(=O)Nc2cccc(C(F)(F)F)c2)n1. The van der Waals surface area contributed by atoms with E-state index in [-0.39, 0.29) is 18.3 Å². The molecule has 4 fully saturated rings. The summed E-state index contributed by atoms with van der Waals surface area (Å²) in [6.07, 6.45) is 1.74. The molecule has 6 nitrogen and oxygen atoms in total. The first-order valence-corrected chi connectivity index (χ1v) is 12.5. The number of alkyl halides is 3. The zero-order valence-corrected chi connectivity index (χ0v) is 19.9. The van der Waals surface area contributed by atoms with Gasteiger partial charge in [0.2, 0.25) is 0 Å². The molecule has 9 heteroatoms. The summed E-state index contributed by atoms with van der Waals surface area (Å²) < 4.78 is 44.1. The molecule has 0 radical (unpaired) electrons. The number of nitrogens with zero attached hydrogens (tertiary/aromatic N) is 3. The molecule has 4 aliphatic rings. The van der Waals surface area contributed by atoms with Crippen molar-refractivity contribution in [1.29, 1.82) is 0 Å². The fourth-order valence-corrected chi connectivity index (χ4v) is 5.98. The Morgan fingerprint density at radius 1 is 1.14 bits per heavy atom. The maximum Gasteiger partial charge on any atom is 0.416 e. The molecular formula is C26H31F3N4O2. The van der Waals surface area contributed by atoms with Crippen LogP contribution in [0, 0.1) is 12.8 Å². The molecule has 1 saturated carbocycles. The second-order valence-electron chi connectivity index (χ2n) is 10.1. The monoisotopic (exact) mass is 488 g/mol. The van der Waals surface area contributed by atoms with Crippen molar-refractivity contribution in [3.05, 3.63) is 53.1 Å². The van der Waals surface area contributed by atoms with Crippen molar-refractivity contribution in [3.8, 4) is 0 Å². The van der Waals surface area contributed by atoms with Crippen LogP contribution in [-0.2, 0) is 10.9 Å². The quantitative estimate of drug-likeness (QED) is 0.569. The zero-order chi connectivity index (χ0) is 24.6. The third-order valence-electron chi connectivity index (χ3n) is 7.75. The number of aryl methyl sites for hydroxylation is 1. The van der Waals surface area contributed by atoms with E-state index in [9.17, 15) is 18.0 Å². The van der Waals surface area contributed by atoms with Crippen LogP contribution in [0.5, 0.6) is 0 Å². The molecule has 188 valence electrons.